The minimum absolute atomic E-state index is 0.0920. The zero-order chi connectivity index (χ0) is 21.1. The van der Waals surface area contributed by atoms with Gasteiger partial charge in [-0.3, -0.25) is 5.41 Å². The Morgan fingerprint density at radius 2 is 2.20 bits per heavy atom. The summed E-state index contributed by atoms with van der Waals surface area (Å²) in [7, 11) is 4.03. The van der Waals surface area contributed by atoms with Crippen molar-refractivity contribution in [1.29, 1.82) is 5.41 Å². The van der Waals surface area contributed by atoms with Crippen molar-refractivity contribution in [1.82, 2.24) is 19.5 Å². The van der Waals surface area contributed by atoms with Crippen LogP contribution in [0.2, 0.25) is 0 Å². The minimum atomic E-state index is -0.0920. The summed E-state index contributed by atoms with van der Waals surface area (Å²) in [5, 5.41) is 25.7. The van der Waals surface area contributed by atoms with E-state index in [1.165, 1.54) is 0 Å². The number of anilines is 1. The summed E-state index contributed by atoms with van der Waals surface area (Å²) in [5.74, 6) is 1.21. The number of aliphatic hydroxyl groups is 1. The highest BCUT2D eigenvalue weighted by Crippen LogP contribution is 2.32. The molecule has 0 saturated carbocycles. The van der Waals surface area contributed by atoms with E-state index in [9.17, 15) is 0 Å². The van der Waals surface area contributed by atoms with E-state index in [1.807, 2.05) is 44.6 Å². The molecule has 3 aromatic heterocycles. The molecule has 3 heterocycles. The summed E-state index contributed by atoms with van der Waals surface area (Å²) < 4.78 is 7.46. The van der Waals surface area contributed by atoms with Crippen LogP contribution < -0.4 is 5.32 Å². The number of fused-ring (bicyclic) bond motifs is 2. The van der Waals surface area contributed by atoms with E-state index in [1.54, 1.807) is 16.8 Å². The second-order valence-corrected chi connectivity index (χ2v) is 7.18. The molecule has 0 atom stereocenters. The fraction of sp³-hybridized carbons (Fsp3) is 0.286. The van der Waals surface area contributed by atoms with Gasteiger partial charge in [-0.1, -0.05) is 6.07 Å². The normalized spacial score (nSPS) is 15.0. The SMILES string of the molecule is CN(C)CCNc1nn2ccccc2c1/N=C1\C=C(OCCO)c2[nH]ccc2C1=N. The molecule has 0 saturated heterocycles. The first-order valence-electron chi connectivity index (χ1n) is 9.75. The van der Waals surface area contributed by atoms with Gasteiger partial charge in [0.05, 0.1) is 29.2 Å². The molecule has 9 heteroatoms. The third-order valence-electron chi connectivity index (χ3n) is 4.73. The number of ether oxygens (including phenoxy) is 1. The van der Waals surface area contributed by atoms with Gasteiger partial charge in [0.1, 0.15) is 18.1 Å². The van der Waals surface area contributed by atoms with Gasteiger partial charge in [0.25, 0.3) is 0 Å². The molecular weight excluding hydrogens is 382 g/mol. The van der Waals surface area contributed by atoms with Crippen molar-refractivity contribution < 1.29 is 9.84 Å². The number of aliphatic imine (C=N–C) groups is 1. The van der Waals surface area contributed by atoms with Crippen molar-refractivity contribution in [3.05, 3.63) is 54.0 Å². The third-order valence-corrected chi connectivity index (χ3v) is 4.73. The van der Waals surface area contributed by atoms with Gasteiger partial charge in [-0.05, 0) is 32.3 Å². The molecule has 30 heavy (non-hydrogen) atoms. The number of nitrogens with one attached hydrogen (secondary N) is 3. The van der Waals surface area contributed by atoms with Crippen LogP contribution in [0.15, 0.2) is 47.7 Å². The fourth-order valence-electron chi connectivity index (χ4n) is 3.28. The molecule has 0 amide bonds. The highest BCUT2D eigenvalue weighted by Gasteiger charge is 2.25. The van der Waals surface area contributed by atoms with E-state index in [4.69, 9.17) is 20.2 Å². The molecule has 0 aromatic carbocycles. The number of hydrogen-bond acceptors (Lipinski definition) is 7. The molecule has 0 unspecified atom stereocenters. The first-order chi connectivity index (χ1) is 14.6. The Kier molecular flexibility index (Phi) is 5.64. The van der Waals surface area contributed by atoms with Crippen LogP contribution in [-0.2, 0) is 4.74 Å². The van der Waals surface area contributed by atoms with Gasteiger partial charge < -0.3 is 25.0 Å². The highest BCUT2D eigenvalue weighted by molar-refractivity contribution is 6.54. The Bertz CT molecular complexity index is 1120. The van der Waals surface area contributed by atoms with Crippen molar-refractivity contribution in [3.8, 4) is 0 Å². The smallest absolute Gasteiger partial charge is 0.175 e. The summed E-state index contributed by atoms with van der Waals surface area (Å²) >= 11 is 0. The Hall–Kier alpha value is -3.43. The van der Waals surface area contributed by atoms with Crippen LogP contribution in [-0.4, -0.2) is 76.4 Å². The molecule has 1 aliphatic rings. The first-order valence-corrected chi connectivity index (χ1v) is 9.75. The van der Waals surface area contributed by atoms with Crippen LogP contribution >= 0.6 is 0 Å². The quantitative estimate of drug-likeness (QED) is 0.457. The van der Waals surface area contributed by atoms with Crippen LogP contribution in [0.1, 0.15) is 11.3 Å². The zero-order valence-electron chi connectivity index (χ0n) is 17.0. The van der Waals surface area contributed by atoms with Gasteiger partial charge in [0.2, 0.25) is 0 Å². The Labute approximate surface area is 174 Å². The maximum atomic E-state index is 9.14. The molecule has 9 nitrogen and oxygen atoms in total. The highest BCUT2D eigenvalue weighted by atomic mass is 16.5. The number of aliphatic hydroxyl groups excluding tert-OH is 1. The van der Waals surface area contributed by atoms with Gasteiger partial charge in [0, 0.05) is 37.1 Å². The van der Waals surface area contributed by atoms with Crippen LogP contribution in [0, 0.1) is 5.41 Å². The molecule has 0 aliphatic heterocycles. The number of aromatic amines is 1. The van der Waals surface area contributed by atoms with E-state index < -0.39 is 0 Å². The maximum Gasteiger partial charge on any atom is 0.175 e. The number of hydrogen-bond donors (Lipinski definition) is 4. The molecule has 3 aromatic rings. The zero-order valence-corrected chi connectivity index (χ0v) is 17.0. The molecule has 0 fully saturated rings. The van der Waals surface area contributed by atoms with Gasteiger partial charge in [-0.2, -0.15) is 0 Å². The number of H-pyrrole nitrogens is 1. The molecule has 1 aliphatic carbocycles. The van der Waals surface area contributed by atoms with Gasteiger partial charge in [0.15, 0.2) is 5.82 Å². The molecule has 4 N–H and O–H groups in total. The summed E-state index contributed by atoms with van der Waals surface area (Å²) in [6.07, 6.45) is 5.37. The number of likely N-dealkylation sites (N-methyl/N-ethyl adjacent to an activating group) is 1. The van der Waals surface area contributed by atoms with Gasteiger partial charge >= 0.3 is 0 Å². The lowest BCUT2D eigenvalue weighted by molar-refractivity contribution is 0.180. The molecular formula is C21H25N7O2. The average Bonchev–Trinajstić information content (AvgIpc) is 3.35. The van der Waals surface area contributed by atoms with Crippen molar-refractivity contribution in [2.75, 3.05) is 45.7 Å². The topological polar surface area (TPSA) is 114 Å². The monoisotopic (exact) mass is 407 g/mol. The van der Waals surface area contributed by atoms with Crippen LogP contribution in [0.4, 0.5) is 11.5 Å². The molecule has 156 valence electrons. The lowest BCUT2D eigenvalue weighted by Crippen LogP contribution is -2.21. The predicted octanol–water partition coefficient (Wildman–Crippen LogP) is 2.14. The van der Waals surface area contributed by atoms with Crippen molar-refractivity contribution in [3.63, 3.8) is 0 Å². The van der Waals surface area contributed by atoms with Crippen LogP contribution in [0.3, 0.4) is 0 Å². The Balaban J connectivity index is 1.76. The van der Waals surface area contributed by atoms with Crippen molar-refractivity contribution in [2.24, 2.45) is 4.99 Å². The molecule has 0 spiro atoms. The van der Waals surface area contributed by atoms with Gasteiger partial charge in [-0.15, -0.1) is 5.10 Å². The Morgan fingerprint density at radius 1 is 1.33 bits per heavy atom. The predicted molar refractivity (Wildman–Crippen MR) is 118 cm³/mol. The van der Waals surface area contributed by atoms with E-state index in [0.717, 1.165) is 24.3 Å². The van der Waals surface area contributed by atoms with E-state index >= 15 is 0 Å². The number of aromatic nitrogens is 3. The Morgan fingerprint density at radius 3 is 3.00 bits per heavy atom. The second-order valence-electron chi connectivity index (χ2n) is 7.18. The summed E-state index contributed by atoms with van der Waals surface area (Å²) in [6, 6.07) is 7.63. The number of allylic oxidation sites excluding steroid dienone is 1. The largest absolute Gasteiger partial charge is 0.489 e. The number of rotatable bonds is 8. The second kappa shape index (κ2) is 8.52. The fourth-order valence-corrected chi connectivity index (χ4v) is 3.28. The van der Waals surface area contributed by atoms with E-state index in [0.29, 0.717) is 34.3 Å². The van der Waals surface area contributed by atoms with Crippen molar-refractivity contribution >= 4 is 34.2 Å². The average molecular weight is 407 g/mol. The summed E-state index contributed by atoms with van der Waals surface area (Å²) in [5.41, 5.74) is 3.73. The van der Waals surface area contributed by atoms with Crippen LogP contribution in [0.5, 0.6) is 0 Å². The number of nitrogens with zero attached hydrogens (tertiary/aromatic N) is 4. The van der Waals surface area contributed by atoms with Gasteiger partial charge in [-0.25, -0.2) is 9.51 Å². The maximum absolute atomic E-state index is 9.14. The number of pyridine rings is 1. The molecule has 0 bridgehead atoms. The third kappa shape index (κ3) is 3.85. The summed E-state index contributed by atoms with van der Waals surface area (Å²) in [4.78, 5) is 10.0. The minimum Gasteiger partial charge on any atom is -0.489 e. The van der Waals surface area contributed by atoms with Crippen molar-refractivity contribution in [2.45, 2.75) is 0 Å². The lowest BCUT2D eigenvalue weighted by Gasteiger charge is -2.17. The van der Waals surface area contributed by atoms with E-state index in [2.05, 4.69) is 20.3 Å². The van der Waals surface area contributed by atoms with Crippen LogP contribution in [0.25, 0.3) is 11.3 Å². The first kappa shape index (κ1) is 19.9. The molecule has 4 rings (SSSR count). The van der Waals surface area contributed by atoms with E-state index in [-0.39, 0.29) is 13.2 Å². The summed E-state index contributed by atoms with van der Waals surface area (Å²) in [6.45, 7) is 1.64. The lowest BCUT2D eigenvalue weighted by atomic mass is 9.98. The standard InChI is InChI=1S/C21H25N7O2/c1-27(2)10-8-24-21-20(16-5-3-4-9-28(16)26-21)25-15-13-17(30-12-11-29)19-14(18(15)22)6-7-23-19/h3-7,9,13,22-23,29H,8,10-12H2,1-2H3,(H,24,26)/b22-18?,25-15+. The molecule has 0 radical (unpaired) electrons.